The number of nitrogens with one attached hydrogen (secondary N) is 1. The van der Waals surface area contributed by atoms with E-state index < -0.39 is 11.4 Å². The third kappa shape index (κ3) is 4.78. The van der Waals surface area contributed by atoms with Crippen molar-refractivity contribution >= 4 is 28.9 Å². The predicted molar refractivity (Wildman–Crippen MR) is 125 cm³/mol. The average Bonchev–Trinajstić information content (AvgIpc) is 2.81. The van der Waals surface area contributed by atoms with Crippen molar-refractivity contribution in [3.05, 3.63) is 92.4 Å². The smallest absolute Gasteiger partial charge is 0.271 e. The highest BCUT2D eigenvalue weighted by Gasteiger charge is 2.28. The van der Waals surface area contributed by atoms with Crippen molar-refractivity contribution in [2.45, 2.75) is 25.7 Å². The highest BCUT2D eigenvalue weighted by molar-refractivity contribution is 6.34. The molecule has 0 radical (unpaired) electrons. The lowest BCUT2D eigenvalue weighted by atomic mass is 9.89. The molecule has 1 aromatic heterocycles. The van der Waals surface area contributed by atoms with Crippen LogP contribution in [0.3, 0.4) is 0 Å². The van der Waals surface area contributed by atoms with Crippen LogP contribution in [0.4, 0.5) is 20.2 Å². The molecule has 0 aliphatic carbocycles. The van der Waals surface area contributed by atoms with Gasteiger partial charge in [-0.1, -0.05) is 29.8 Å². The molecule has 5 nitrogen and oxygen atoms in total. The number of benzene rings is 2. The maximum atomic E-state index is 14.5. The molecule has 0 spiro atoms. The summed E-state index contributed by atoms with van der Waals surface area (Å²) >= 11 is 6.32. The summed E-state index contributed by atoms with van der Waals surface area (Å²) in [5, 5.41) is 2.68. The number of amides is 1. The number of anilines is 2. The van der Waals surface area contributed by atoms with Crippen molar-refractivity contribution < 1.29 is 13.6 Å². The Labute approximate surface area is 195 Å². The molecule has 1 saturated heterocycles. The zero-order valence-corrected chi connectivity index (χ0v) is 19.1. The van der Waals surface area contributed by atoms with Crippen LogP contribution in [0, 0.1) is 18.6 Å². The van der Waals surface area contributed by atoms with E-state index in [-0.39, 0.29) is 39.6 Å². The van der Waals surface area contributed by atoms with Crippen molar-refractivity contribution in [1.82, 2.24) is 9.47 Å². The molecule has 1 fully saturated rings. The Morgan fingerprint density at radius 3 is 2.39 bits per heavy atom. The van der Waals surface area contributed by atoms with Crippen molar-refractivity contribution in [3.8, 4) is 0 Å². The monoisotopic (exact) mass is 471 g/mol. The largest absolute Gasteiger partial charge is 0.351 e. The molecular formula is C25H24ClF2N3O2. The minimum absolute atomic E-state index is 0.0909. The number of hydrogen-bond donors (Lipinski definition) is 1. The summed E-state index contributed by atoms with van der Waals surface area (Å²) < 4.78 is 28.9. The molecule has 0 unspecified atom stereocenters. The molecule has 0 atom stereocenters. The average molecular weight is 472 g/mol. The molecule has 3 aromatic rings. The number of aromatic nitrogens is 1. The number of pyridine rings is 1. The van der Waals surface area contributed by atoms with Gasteiger partial charge in [0, 0.05) is 26.3 Å². The van der Waals surface area contributed by atoms with Crippen LogP contribution >= 0.6 is 11.6 Å². The van der Waals surface area contributed by atoms with Gasteiger partial charge in [-0.2, -0.15) is 0 Å². The first-order valence-corrected chi connectivity index (χ1v) is 11.1. The van der Waals surface area contributed by atoms with Crippen LogP contribution < -0.4 is 10.9 Å². The zero-order valence-electron chi connectivity index (χ0n) is 18.4. The Balaban J connectivity index is 1.59. The summed E-state index contributed by atoms with van der Waals surface area (Å²) in [5.74, 6) is -0.842. The molecule has 0 bridgehead atoms. The van der Waals surface area contributed by atoms with E-state index in [9.17, 15) is 18.4 Å². The molecule has 1 aliphatic rings. The topological polar surface area (TPSA) is 54.3 Å². The van der Waals surface area contributed by atoms with E-state index in [2.05, 4.69) is 5.32 Å². The van der Waals surface area contributed by atoms with Crippen molar-refractivity contribution in [3.63, 3.8) is 0 Å². The van der Waals surface area contributed by atoms with E-state index in [1.807, 2.05) is 0 Å². The van der Waals surface area contributed by atoms with Gasteiger partial charge in [0.25, 0.3) is 11.5 Å². The van der Waals surface area contributed by atoms with Gasteiger partial charge in [-0.3, -0.25) is 9.59 Å². The first-order chi connectivity index (χ1) is 15.7. The molecule has 0 saturated carbocycles. The van der Waals surface area contributed by atoms with E-state index >= 15 is 0 Å². The van der Waals surface area contributed by atoms with E-state index in [0.717, 1.165) is 24.0 Å². The normalized spacial score (nSPS) is 14.4. The summed E-state index contributed by atoms with van der Waals surface area (Å²) in [6.07, 6.45) is 2.88. The number of carbonyl (C=O) groups excluding carboxylic acids is 1. The summed E-state index contributed by atoms with van der Waals surface area (Å²) in [4.78, 5) is 27.6. The molecule has 2 heterocycles. The van der Waals surface area contributed by atoms with E-state index in [4.69, 9.17) is 11.6 Å². The Morgan fingerprint density at radius 2 is 1.76 bits per heavy atom. The van der Waals surface area contributed by atoms with Gasteiger partial charge in [0.15, 0.2) is 0 Å². The Kier molecular flexibility index (Phi) is 6.51. The number of likely N-dealkylation sites (tertiary alicyclic amines) is 1. The van der Waals surface area contributed by atoms with Crippen LogP contribution in [-0.4, -0.2) is 28.5 Å². The van der Waals surface area contributed by atoms with Gasteiger partial charge in [-0.25, -0.2) is 8.78 Å². The van der Waals surface area contributed by atoms with Gasteiger partial charge < -0.3 is 14.8 Å². The quantitative estimate of drug-likeness (QED) is 0.555. The Hall–Kier alpha value is -3.19. The van der Waals surface area contributed by atoms with Gasteiger partial charge in [-0.05, 0) is 61.1 Å². The fourth-order valence-electron chi connectivity index (χ4n) is 4.16. The molecule has 172 valence electrons. The third-order valence-electron chi connectivity index (χ3n) is 6.06. The Morgan fingerprint density at radius 1 is 1.09 bits per heavy atom. The minimum atomic E-state index is -0.509. The summed E-state index contributed by atoms with van der Waals surface area (Å²) in [6.45, 7) is 2.77. The lowest BCUT2D eigenvalue weighted by Gasteiger charge is -2.33. The molecule has 1 N–H and O–H groups in total. The molecule has 33 heavy (non-hydrogen) atoms. The van der Waals surface area contributed by atoms with Crippen molar-refractivity contribution in [2.75, 3.05) is 18.4 Å². The molecule has 8 heteroatoms. The predicted octanol–water partition coefficient (Wildman–Crippen LogP) is 5.39. The standard InChI is InChI=1S/C25H24ClF2N3O2/c1-15-3-8-21(20(28)13-15)29-23-19(14-30(2)25(33)22(23)26)24(32)31-11-9-17(10-12-31)16-4-6-18(27)7-5-16/h3-8,13-14,17,29H,9-12H2,1-2H3. The molecule has 1 amide bonds. The number of piperidine rings is 1. The second-order valence-electron chi connectivity index (χ2n) is 8.37. The van der Waals surface area contributed by atoms with E-state index in [1.165, 1.54) is 36.0 Å². The fourth-order valence-corrected chi connectivity index (χ4v) is 4.44. The second kappa shape index (κ2) is 9.35. The van der Waals surface area contributed by atoms with Gasteiger partial charge in [-0.15, -0.1) is 0 Å². The molecule has 2 aromatic carbocycles. The summed E-state index contributed by atoms with van der Waals surface area (Å²) in [6, 6.07) is 11.1. The fraction of sp³-hybridized carbons (Fsp3) is 0.280. The number of nitrogens with zero attached hydrogens (tertiary/aromatic N) is 2. The van der Waals surface area contributed by atoms with Crippen LogP contribution in [0.5, 0.6) is 0 Å². The molecular weight excluding hydrogens is 448 g/mol. The Bertz CT molecular complexity index is 1250. The molecule has 1 aliphatic heterocycles. The summed E-state index contributed by atoms with van der Waals surface area (Å²) in [7, 11) is 1.52. The lowest BCUT2D eigenvalue weighted by Crippen LogP contribution is -2.39. The minimum Gasteiger partial charge on any atom is -0.351 e. The van der Waals surface area contributed by atoms with Gasteiger partial charge in [0.1, 0.15) is 16.7 Å². The van der Waals surface area contributed by atoms with Gasteiger partial charge in [0.05, 0.1) is 16.9 Å². The molecule has 4 rings (SSSR count). The van der Waals surface area contributed by atoms with Crippen molar-refractivity contribution in [2.24, 2.45) is 7.05 Å². The lowest BCUT2D eigenvalue weighted by molar-refractivity contribution is 0.0713. The van der Waals surface area contributed by atoms with Crippen LogP contribution in [0.2, 0.25) is 5.02 Å². The maximum Gasteiger partial charge on any atom is 0.271 e. The number of carbonyl (C=O) groups is 1. The zero-order chi connectivity index (χ0) is 23.7. The first kappa shape index (κ1) is 23.0. The maximum absolute atomic E-state index is 14.5. The first-order valence-electron chi connectivity index (χ1n) is 10.7. The van der Waals surface area contributed by atoms with E-state index in [0.29, 0.717) is 13.1 Å². The van der Waals surface area contributed by atoms with E-state index in [1.54, 1.807) is 36.1 Å². The SMILES string of the molecule is Cc1ccc(Nc2c(C(=O)N3CCC(c4ccc(F)cc4)CC3)cn(C)c(=O)c2Cl)c(F)c1. The second-order valence-corrected chi connectivity index (χ2v) is 8.75. The highest BCUT2D eigenvalue weighted by atomic mass is 35.5. The summed E-state index contributed by atoms with van der Waals surface area (Å²) in [5.41, 5.74) is 1.72. The number of rotatable bonds is 4. The van der Waals surface area contributed by atoms with Crippen LogP contribution in [0.1, 0.15) is 40.2 Å². The van der Waals surface area contributed by atoms with Crippen molar-refractivity contribution in [1.29, 1.82) is 0 Å². The number of hydrogen-bond acceptors (Lipinski definition) is 3. The van der Waals surface area contributed by atoms with Gasteiger partial charge >= 0.3 is 0 Å². The third-order valence-corrected chi connectivity index (χ3v) is 6.41. The van der Waals surface area contributed by atoms with Gasteiger partial charge in [0.2, 0.25) is 0 Å². The number of halogens is 3. The van der Waals surface area contributed by atoms with Crippen LogP contribution in [0.15, 0.2) is 53.5 Å². The number of aryl methyl sites for hydroxylation is 2. The van der Waals surface area contributed by atoms with Crippen LogP contribution in [0.25, 0.3) is 0 Å². The highest BCUT2D eigenvalue weighted by Crippen LogP contribution is 2.32. The van der Waals surface area contributed by atoms with Crippen LogP contribution in [-0.2, 0) is 7.05 Å².